The smallest absolute Gasteiger partial charge is 0.374 e. The summed E-state index contributed by atoms with van der Waals surface area (Å²) in [5.74, 6) is 1.67. The monoisotopic (exact) mass is 359 g/mol. The fourth-order valence-corrected chi connectivity index (χ4v) is 3.26. The first-order chi connectivity index (χ1) is 12.2. The van der Waals surface area contributed by atoms with Gasteiger partial charge in [0.15, 0.2) is 11.0 Å². The van der Waals surface area contributed by atoms with E-state index in [0.29, 0.717) is 11.6 Å². The first kappa shape index (κ1) is 17.1. The summed E-state index contributed by atoms with van der Waals surface area (Å²) in [4.78, 5) is 11.7. The second kappa shape index (κ2) is 7.43. The van der Waals surface area contributed by atoms with E-state index in [1.165, 1.54) is 25.1 Å². The zero-order valence-electron chi connectivity index (χ0n) is 14.1. The van der Waals surface area contributed by atoms with Crippen LogP contribution in [-0.4, -0.2) is 35.0 Å². The summed E-state index contributed by atoms with van der Waals surface area (Å²) in [6.45, 7) is 0. The van der Waals surface area contributed by atoms with Crippen molar-refractivity contribution in [2.24, 2.45) is 7.05 Å². The predicted molar refractivity (Wildman–Crippen MR) is 92.6 cm³/mol. The maximum absolute atomic E-state index is 11.7. The number of aromatic nitrogens is 3. The zero-order chi connectivity index (χ0) is 17.8. The molecule has 0 saturated carbocycles. The zero-order valence-corrected chi connectivity index (χ0v) is 14.9. The van der Waals surface area contributed by atoms with Gasteiger partial charge in [0, 0.05) is 18.4 Å². The maximum atomic E-state index is 11.7. The summed E-state index contributed by atoms with van der Waals surface area (Å²) in [5, 5.41) is 9.22. The lowest BCUT2D eigenvalue weighted by molar-refractivity contribution is 0.0564. The van der Waals surface area contributed by atoms with Gasteiger partial charge in [-0.25, -0.2) is 4.79 Å². The van der Waals surface area contributed by atoms with Crippen LogP contribution >= 0.6 is 11.8 Å². The first-order valence-corrected chi connectivity index (χ1v) is 8.44. The van der Waals surface area contributed by atoms with E-state index in [2.05, 4.69) is 10.2 Å². The SMILES string of the molecule is COC(=O)c1occc1CSc1nnc(-c2ccccc2OC)n1C. The number of hydrogen-bond acceptors (Lipinski definition) is 7. The van der Waals surface area contributed by atoms with Crippen LogP contribution in [0.4, 0.5) is 0 Å². The largest absolute Gasteiger partial charge is 0.496 e. The van der Waals surface area contributed by atoms with Crippen molar-refractivity contribution in [3.63, 3.8) is 0 Å². The number of furan rings is 1. The summed E-state index contributed by atoms with van der Waals surface area (Å²) in [6.07, 6.45) is 1.47. The van der Waals surface area contributed by atoms with E-state index in [-0.39, 0.29) is 5.76 Å². The number of benzene rings is 1. The number of methoxy groups -OCH3 is 2. The van der Waals surface area contributed by atoms with Crippen LogP contribution in [-0.2, 0) is 17.5 Å². The third-order valence-corrected chi connectivity index (χ3v) is 4.73. The molecule has 130 valence electrons. The molecule has 2 aromatic heterocycles. The third-order valence-electron chi connectivity index (χ3n) is 3.66. The van der Waals surface area contributed by atoms with Crippen LogP contribution < -0.4 is 4.74 Å². The molecule has 0 aliphatic rings. The highest BCUT2D eigenvalue weighted by atomic mass is 32.2. The van der Waals surface area contributed by atoms with Crippen molar-refractivity contribution >= 4 is 17.7 Å². The number of thioether (sulfide) groups is 1. The number of ether oxygens (including phenoxy) is 2. The quantitative estimate of drug-likeness (QED) is 0.494. The summed E-state index contributed by atoms with van der Waals surface area (Å²) >= 11 is 1.46. The second-order valence-corrected chi connectivity index (χ2v) is 6.06. The van der Waals surface area contributed by atoms with E-state index < -0.39 is 5.97 Å². The molecule has 8 heteroatoms. The number of esters is 1. The van der Waals surface area contributed by atoms with Gasteiger partial charge in [0.25, 0.3) is 0 Å². The predicted octanol–water partition coefficient (Wildman–Crippen LogP) is 3.16. The highest BCUT2D eigenvalue weighted by molar-refractivity contribution is 7.98. The van der Waals surface area contributed by atoms with Crippen LogP contribution in [0.5, 0.6) is 5.75 Å². The Morgan fingerprint density at radius 3 is 2.80 bits per heavy atom. The van der Waals surface area contributed by atoms with Crippen LogP contribution in [0.2, 0.25) is 0 Å². The summed E-state index contributed by atoms with van der Waals surface area (Å²) in [6, 6.07) is 9.39. The number of carbonyl (C=O) groups excluding carboxylic acids is 1. The molecule has 0 aliphatic carbocycles. The molecule has 0 bridgehead atoms. The minimum Gasteiger partial charge on any atom is -0.496 e. The summed E-state index contributed by atoms with van der Waals surface area (Å²) in [5.41, 5.74) is 1.61. The van der Waals surface area contributed by atoms with Crippen molar-refractivity contribution in [1.82, 2.24) is 14.8 Å². The number of rotatable bonds is 6. The Balaban J connectivity index is 1.81. The molecule has 0 spiro atoms. The Morgan fingerprint density at radius 2 is 2.04 bits per heavy atom. The van der Waals surface area contributed by atoms with E-state index in [0.717, 1.165) is 22.0 Å². The Kier molecular flexibility index (Phi) is 5.08. The van der Waals surface area contributed by atoms with Gasteiger partial charge in [-0.2, -0.15) is 0 Å². The summed E-state index contributed by atoms with van der Waals surface area (Å²) < 4.78 is 17.2. The minimum atomic E-state index is -0.492. The minimum absolute atomic E-state index is 0.210. The summed E-state index contributed by atoms with van der Waals surface area (Å²) in [7, 11) is 4.84. The van der Waals surface area contributed by atoms with Crippen molar-refractivity contribution in [1.29, 1.82) is 0 Å². The molecule has 1 aromatic carbocycles. The molecule has 0 N–H and O–H groups in total. The fourth-order valence-electron chi connectivity index (χ4n) is 2.37. The molecule has 0 amide bonds. The second-order valence-electron chi connectivity index (χ2n) is 5.12. The molecule has 0 fully saturated rings. The van der Waals surface area contributed by atoms with Gasteiger partial charge >= 0.3 is 5.97 Å². The molecular formula is C17H17N3O4S. The molecule has 25 heavy (non-hydrogen) atoms. The van der Waals surface area contributed by atoms with Crippen molar-refractivity contribution in [2.45, 2.75) is 10.9 Å². The normalized spacial score (nSPS) is 10.7. The van der Waals surface area contributed by atoms with Gasteiger partial charge in [0.1, 0.15) is 5.75 Å². The molecule has 0 aliphatic heterocycles. The van der Waals surface area contributed by atoms with Gasteiger partial charge < -0.3 is 18.5 Å². The van der Waals surface area contributed by atoms with Gasteiger partial charge in [-0.1, -0.05) is 23.9 Å². The average Bonchev–Trinajstić information content (AvgIpc) is 3.26. The van der Waals surface area contributed by atoms with Crippen molar-refractivity contribution in [3.8, 4) is 17.1 Å². The van der Waals surface area contributed by atoms with Crippen LogP contribution in [0, 0.1) is 0 Å². The van der Waals surface area contributed by atoms with E-state index in [1.807, 2.05) is 35.9 Å². The van der Waals surface area contributed by atoms with Gasteiger partial charge in [0.05, 0.1) is 26.0 Å². The fraction of sp³-hybridized carbons (Fsp3) is 0.235. The van der Waals surface area contributed by atoms with Crippen LogP contribution in [0.25, 0.3) is 11.4 Å². The highest BCUT2D eigenvalue weighted by Crippen LogP contribution is 2.31. The topological polar surface area (TPSA) is 79.4 Å². The van der Waals surface area contributed by atoms with Gasteiger partial charge in [-0.3, -0.25) is 0 Å². The Hall–Kier alpha value is -2.74. The molecule has 0 radical (unpaired) electrons. The molecule has 3 aromatic rings. The van der Waals surface area contributed by atoms with Gasteiger partial charge in [-0.05, 0) is 18.2 Å². The van der Waals surface area contributed by atoms with Crippen molar-refractivity contribution in [3.05, 3.63) is 47.9 Å². The lowest BCUT2D eigenvalue weighted by atomic mass is 10.2. The van der Waals surface area contributed by atoms with Crippen molar-refractivity contribution < 1.29 is 18.7 Å². The average molecular weight is 359 g/mol. The number of nitrogens with zero attached hydrogens (tertiary/aromatic N) is 3. The van der Waals surface area contributed by atoms with E-state index >= 15 is 0 Å². The van der Waals surface area contributed by atoms with Crippen molar-refractivity contribution in [2.75, 3.05) is 14.2 Å². The molecule has 3 rings (SSSR count). The number of hydrogen-bond donors (Lipinski definition) is 0. The Morgan fingerprint density at radius 1 is 1.24 bits per heavy atom. The van der Waals surface area contributed by atoms with Crippen LogP contribution in [0.3, 0.4) is 0 Å². The third kappa shape index (κ3) is 3.39. The van der Waals surface area contributed by atoms with Gasteiger partial charge in [-0.15, -0.1) is 10.2 Å². The number of para-hydroxylation sites is 1. The van der Waals surface area contributed by atoms with E-state index in [1.54, 1.807) is 13.2 Å². The Labute approximate surface area is 149 Å². The van der Waals surface area contributed by atoms with E-state index in [9.17, 15) is 4.79 Å². The molecule has 0 saturated heterocycles. The maximum Gasteiger partial charge on any atom is 0.374 e. The van der Waals surface area contributed by atoms with Gasteiger partial charge in [0.2, 0.25) is 5.76 Å². The molecular weight excluding hydrogens is 342 g/mol. The van der Waals surface area contributed by atoms with Crippen LogP contribution in [0.15, 0.2) is 46.2 Å². The van der Waals surface area contributed by atoms with E-state index in [4.69, 9.17) is 13.9 Å². The standard InChI is InChI=1S/C17H17N3O4S/c1-20-15(12-6-4-5-7-13(12)22-2)18-19-17(20)25-10-11-8-9-24-14(11)16(21)23-3/h4-9H,10H2,1-3H3. The molecule has 2 heterocycles. The lowest BCUT2D eigenvalue weighted by Crippen LogP contribution is -2.02. The van der Waals surface area contributed by atoms with Crippen LogP contribution in [0.1, 0.15) is 16.1 Å². The molecule has 0 unspecified atom stereocenters. The molecule has 0 atom stereocenters. The molecule has 7 nitrogen and oxygen atoms in total. The lowest BCUT2D eigenvalue weighted by Gasteiger charge is -2.08. The first-order valence-electron chi connectivity index (χ1n) is 7.46. The Bertz CT molecular complexity index is 888. The highest BCUT2D eigenvalue weighted by Gasteiger charge is 2.18. The number of carbonyl (C=O) groups is 1.